The van der Waals surface area contributed by atoms with E-state index in [1.165, 1.54) is 5.39 Å². The molecule has 0 spiro atoms. The maximum atomic E-state index is 6.88. The Labute approximate surface area is 125 Å². The van der Waals surface area contributed by atoms with Crippen molar-refractivity contribution in [2.75, 3.05) is 0 Å². The average Bonchev–Trinajstić information content (AvgIpc) is 2.55. The fraction of sp³-hybridized carbons (Fsp3) is 0.211. The molecule has 3 aromatic rings. The van der Waals surface area contributed by atoms with Crippen molar-refractivity contribution in [3.05, 3.63) is 78.1 Å². The Bertz CT molecular complexity index is 731. The average molecular weight is 276 g/mol. The standard InChI is InChI=1S/C19H20N2/c1-2-12-19(20,16-9-4-3-5-10-16)18-14-21-13-15-8-6-7-11-17(15)18/h3-11,13-14H,2,12,20H2,1H3. The van der Waals surface area contributed by atoms with Gasteiger partial charge in [-0.2, -0.15) is 0 Å². The molecule has 21 heavy (non-hydrogen) atoms. The van der Waals surface area contributed by atoms with Crippen LogP contribution in [-0.2, 0) is 5.54 Å². The molecular weight excluding hydrogens is 256 g/mol. The lowest BCUT2D eigenvalue weighted by molar-refractivity contribution is 0.487. The van der Waals surface area contributed by atoms with Crippen LogP contribution in [-0.4, -0.2) is 4.98 Å². The minimum Gasteiger partial charge on any atom is -0.318 e. The van der Waals surface area contributed by atoms with Crippen LogP contribution >= 0.6 is 0 Å². The van der Waals surface area contributed by atoms with Gasteiger partial charge in [0.1, 0.15) is 0 Å². The normalized spacial score (nSPS) is 14.0. The number of benzene rings is 2. The predicted octanol–water partition coefficient (Wildman–Crippen LogP) is 4.24. The Kier molecular flexibility index (Phi) is 3.72. The number of fused-ring (bicyclic) bond motifs is 1. The van der Waals surface area contributed by atoms with Gasteiger partial charge in [-0.15, -0.1) is 0 Å². The summed E-state index contributed by atoms with van der Waals surface area (Å²) in [6.45, 7) is 2.17. The molecule has 0 saturated carbocycles. The number of rotatable bonds is 4. The Morgan fingerprint density at radius 2 is 1.67 bits per heavy atom. The molecule has 106 valence electrons. The second-order valence-electron chi connectivity index (χ2n) is 5.50. The molecule has 0 fully saturated rings. The predicted molar refractivity (Wildman–Crippen MR) is 88.1 cm³/mol. The first-order valence-corrected chi connectivity index (χ1v) is 7.43. The number of hydrogen-bond donors (Lipinski definition) is 1. The zero-order chi connectivity index (χ0) is 14.7. The summed E-state index contributed by atoms with van der Waals surface area (Å²) in [6.07, 6.45) is 5.74. The van der Waals surface area contributed by atoms with E-state index in [9.17, 15) is 0 Å². The quantitative estimate of drug-likeness (QED) is 0.774. The highest BCUT2D eigenvalue weighted by Gasteiger charge is 2.30. The van der Waals surface area contributed by atoms with Crippen LogP contribution in [0.2, 0.25) is 0 Å². The molecule has 0 aliphatic heterocycles. The largest absolute Gasteiger partial charge is 0.318 e. The molecule has 2 heteroatoms. The molecule has 1 heterocycles. The van der Waals surface area contributed by atoms with Crippen LogP contribution < -0.4 is 5.73 Å². The van der Waals surface area contributed by atoms with Crippen molar-refractivity contribution >= 4 is 10.8 Å². The fourth-order valence-electron chi connectivity index (χ4n) is 3.04. The van der Waals surface area contributed by atoms with Crippen LogP contribution in [0.4, 0.5) is 0 Å². The Morgan fingerprint density at radius 3 is 2.43 bits per heavy atom. The lowest BCUT2D eigenvalue weighted by Gasteiger charge is -2.31. The second kappa shape index (κ2) is 5.66. The zero-order valence-electron chi connectivity index (χ0n) is 12.3. The molecule has 2 nitrogen and oxygen atoms in total. The molecule has 0 saturated heterocycles. The van der Waals surface area contributed by atoms with E-state index in [0.29, 0.717) is 0 Å². The van der Waals surface area contributed by atoms with Gasteiger partial charge in [0.25, 0.3) is 0 Å². The number of nitrogens with zero attached hydrogens (tertiary/aromatic N) is 1. The number of aromatic nitrogens is 1. The molecule has 1 unspecified atom stereocenters. The van der Waals surface area contributed by atoms with E-state index >= 15 is 0 Å². The van der Waals surface area contributed by atoms with E-state index < -0.39 is 5.54 Å². The topological polar surface area (TPSA) is 38.9 Å². The monoisotopic (exact) mass is 276 g/mol. The number of pyridine rings is 1. The molecular formula is C19H20N2. The molecule has 3 rings (SSSR count). The highest BCUT2D eigenvalue weighted by atomic mass is 14.8. The van der Waals surface area contributed by atoms with Crippen LogP contribution in [0, 0.1) is 0 Å². The van der Waals surface area contributed by atoms with Gasteiger partial charge in [0.2, 0.25) is 0 Å². The lowest BCUT2D eigenvalue weighted by Crippen LogP contribution is -2.38. The van der Waals surface area contributed by atoms with Gasteiger partial charge < -0.3 is 5.73 Å². The fourth-order valence-corrected chi connectivity index (χ4v) is 3.04. The molecule has 1 atom stereocenters. The zero-order valence-corrected chi connectivity index (χ0v) is 12.3. The molecule has 0 amide bonds. The van der Waals surface area contributed by atoms with Gasteiger partial charge >= 0.3 is 0 Å². The number of hydrogen-bond acceptors (Lipinski definition) is 2. The molecule has 0 aliphatic carbocycles. The van der Waals surface area contributed by atoms with Crippen molar-refractivity contribution in [3.63, 3.8) is 0 Å². The third-order valence-corrected chi connectivity index (χ3v) is 4.08. The molecule has 0 radical (unpaired) electrons. The van der Waals surface area contributed by atoms with Gasteiger partial charge in [0.05, 0.1) is 5.54 Å². The highest BCUT2D eigenvalue weighted by molar-refractivity contribution is 5.86. The van der Waals surface area contributed by atoms with Gasteiger partial charge in [-0.05, 0) is 17.4 Å². The second-order valence-corrected chi connectivity index (χ2v) is 5.50. The Hall–Kier alpha value is -2.19. The summed E-state index contributed by atoms with van der Waals surface area (Å²) >= 11 is 0. The third kappa shape index (κ3) is 2.43. The van der Waals surface area contributed by atoms with Crippen molar-refractivity contribution in [1.29, 1.82) is 0 Å². The molecule has 2 N–H and O–H groups in total. The van der Waals surface area contributed by atoms with Crippen molar-refractivity contribution in [1.82, 2.24) is 4.98 Å². The van der Waals surface area contributed by atoms with Crippen molar-refractivity contribution in [3.8, 4) is 0 Å². The first kappa shape index (κ1) is 13.8. The molecule has 1 aromatic heterocycles. The summed E-state index contributed by atoms with van der Waals surface area (Å²) in [4.78, 5) is 4.41. The van der Waals surface area contributed by atoms with E-state index in [0.717, 1.165) is 29.4 Å². The molecule has 0 bridgehead atoms. The van der Waals surface area contributed by atoms with E-state index in [-0.39, 0.29) is 0 Å². The summed E-state index contributed by atoms with van der Waals surface area (Å²) in [6, 6.07) is 18.6. The minimum absolute atomic E-state index is 0.496. The third-order valence-electron chi connectivity index (χ3n) is 4.08. The lowest BCUT2D eigenvalue weighted by atomic mass is 9.79. The van der Waals surface area contributed by atoms with Gasteiger partial charge in [0.15, 0.2) is 0 Å². The van der Waals surface area contributed by atoms with Crippen molar-refractivity contribution < 1.29 is 0 Å². The van der Waals surface area contributed by atoms with Crippen LogP contribution in [0.3, 0.4) is 0 Å². The van der Waals surface area contributed by atoms with Crippen LogP contribution in [0.1, 0.15) is 30.9 Å². The van der Waals surface area contributed by atoms with Crippen molar-refractivity contribution in [2.24, 2.45) is 5.73 Å². The minimum atomic E-state index is -0.496. The van der Waals surface area contributed by atoms with E-state index in [4.69, 9.17) is 5.73 Å². The first-order valence-electron chi connectivity index (χ1n) is 7.43. The summed E-state index contributed by atoms with van der Waals surface area (Å²) in [5, 5.41) is 2.32. The highest BCUT2D eigenvalue weighted by Crippen LogP contribution is 2.35. The van der Waals surface area contributed by atoms with Crippen LogP contribution in [0.25, 0.3) is 10.8 Å². The first-order chi connectivity index (χ1) is 10.3. The van der Waals surface area contributed by atoms with Gasteiger partial charge in [-0.25, -0.2) is 0 Å². The van der Waals surface area contributed by atoms with Crippen LogP contribution in [0.15, 0.2) is 67.0 Å². The SMILES string of the molecule is CCCC(N)(c1ccccc1)c1cncc2ccccc12. The summed E-state index contributed by atoms with van der Waals surface area (Å²) in [5.41, 5.74) is 8.63. The summed E-state index contributed by atoms with van der Waals surface area (Å²) in [5.74, 6) is 0. The van der Waals surface area contributed by atoms with Gasteiger partial charge in [-0.1, -0.05) is 67.9 Å². The molecule has 0 aliphatic rings. The summed E-state index contributed by atoms with van der Waals surface area (Å²) in [7, 11) is 0. The Balaban J connectivity index is 2.25. The maximum Gasteiger partial charge on any atom is 0.0686 e. The number of nitrogens with two attached hydrogens (primary N) is 1. The van der Waals surface area contributed by atoms with E-state index in [1.54, 1.807) is 0 Å². The van der Waals surface area contributed by atoms with Gasteiger partial charge in [0, 0.05) is 23.3 Å². The van der Waals surface area contributed by atoms with Gasteiger partial charge in [-0.3, -0.25) is 4.98 Å². The summed E-state index contributed by atoms with van der Waals surface area (Å²) < 4.78 is 0. The molecule has 2 aromatic carbocycles. The van der Waals surface area contributed by atoms with Crippen LogP contribution in [0.5, 0.6) is 0 Å². The smallest absolute Gasteiger partial charge is 0.0686 e. The Morgan fingerprint density at radius 1 is 0.952 bits per heavy atom. The van der Waals surface area contributed by atoms with Crippen molar-refractivity contribution in [2.45, 2.75) is 25.3 Å². The van der Waals surface area contributed by atoms with E-state index in [1.807, 2.05) is 36.7 Å². The van der Waals surface area contributed by atoms with E-state index in [2.05, 4.69) is 42.2 Å². The maximum absolute atomic E-state index is 6.88.